The Bertz CT molecular complexity index is 415. The summed E-state index contributed by atoms with van der Waals surface area (Å²) in [6.45, 7) is 2.85. The van der Waals surface area contributed by atoms with Crippen LogP contribution in [0.5, 0.6) is 0 Å². The number of benzene rings is 1. The van der Waals surface area contributed by atoms with E-state index >= 15 is 0 Å². The third kappa shape index (κ3) is 4.89. The fourth-order valence-electron chi connectivity index (χ4n) is 1.33. The molecule has 0 spiro atoms. The first-order chi connectivity index (χ1) is 8.52. The van der Waals surface area contributed by atoms with E-state index in [4.69, 9.17) is 11.6 Å². The molecule has 1 unspecified atom stereocenters. The number of carbonyl (C=O) groups excluding carboxylic acids is 1. The van der Waals surface area contributed by atoms with Crippen LogP contribution in [0.2, 0.25) is 5.02 Å². The van der Waals surface area contributed by atoms with E-state index in [0.717, 1.165) is 5.56 Å². The van der Waals surface area contributed by atoms with E-state index < -0.39 is 6.09 Å². The molecule has 6 heteroatoms. The number of hydrogen-bond acceptors (Lipinski definition) is 3. The van der Waals surface area contributed by atoms with Crippen molar-refractivity contribution in [1.82, 2.24) is 10.6 Å². The van der Waals surface area contributed by atoms with Crippen LogP contribution in [-0.4, -0.2) is 25.8 Å². The molecule has 2 N–H and O–H groups in total. The number of ether oxygens (including phenoxy) is 1. The lowest BCUT2D eigenvalue weighted by Gasteiger charge is -2.14. The summed E-state index contributed by atoms with van der Waals surface area (Å²) in [5, 5.41) is 6.12. The lowest BCUT2D eigenvalue weighted by atomic mass is 10.2. The van der Waals surface area contributed by atoms with E-state index in [-0.39, 0.29) is 11.9 Å². The van der Waals surface area contributed by atoms with E-state index in [1.54, 1.807) is 6.07 Å². The van der Waals surface area contributed by atoms with Crippen molar-refractivity contribution in [2.75, 3.05) is 13.7 Å². The van der Waals surface area contributed by atoms with Gasteiger partial charge in [-0.15, -0.1) is 0 Å². The molecule has 1 amide bonds. The van der Waals surface area contributed by atoms with E-state index in [0.29, 0.717) is 18.1 Å². The molecule has 0 heterocycles. The van der Waals surface area contributed by atoms with Gasteiger partial charge in [0.1, 0.15) is 5.82 Å². The quantitative estimate of drug-likeness (QED) is 0.866. The van der Waals surface area contributed by atoms with Crippen molar-refractivity contribution in [3.63, 3.8) is 0 Å². The summed E-state index contributed by atoms with van der Waals surface area (Å²) >= 11 is 5.89. The predicted molar refractivity (Wildman–Crippen MR) is 68.1 cm³/mol. The van der Waals surface area contributed by atoms with Gasteiger partial charge in [-0.25, -0.2) is 9.18 Å². The van der Waals surface area contributed by atoms with Crippen molar-refractivity contribution >= 4 is 17.7 Å². The van der Waals surface area contributed by atoms with E-state index in [9.17, 15) is 9.18 Å². The van der Waals surface area contributed by atoms with Gasteiger partial charge in [-0.05, 0) is 24.6 Å². The maximum atomic E-state index is 12.8. The van der Waals surface area contributed by atoms with Gasteiger partial charge >= 0.3 is 6.09 Å². The number of amides is 1. The highest BCUT2D eigenvalue weighted by molar-refractivity contribution is 6.31. The fourth-order valence-corrected chi connectivity index (χ4v) is 1.56. The van der Waals surface area contributed by atoms with Crippen LogP contribution in [0.25, 0.3) is 0 Å². The molecule has 0 aliphatic heterocycles. The van der Waals surface area contributed by atoms with Crippen molar-refractivity contribution in [1.29, 1.82) is 0 Å². The summed E-state index contributed by atoms with van der Waals surface area (Å²) in [6.07, 6.45) is -0.469. The lowest BCUT2D eigenvalue weighted by Crippen LogP contribution is -2.38. The summed E-state index contributed by atoms with van der Waals surface area (Å²) in [4.78, 5) is 10.9. The molecule has 0 saturated carbocycles. The largest absolute Gasteiger partial charge is 0.453 e. The number of methoxy groups -OCH3 is 1. The van der Waals surface area contributed by atoms with Gasteiger partial charge in [-0.3, -0.25) is 0 Å². The van der Waals surface area contributed by atoms with Crippen molar-refractivity contribution in [3.05, 3.63) is 34.6 Å². The Hall–Kier alpha value is -1.33. The number of hydrogen-bond donors (Lipinski definition) is 2. The minimum absolute atomic E-state index is 0.0465. The minimum atomic E-state index is -0.469. The first kappa shape index (κ1) is 14.7. The SMILES string of the molecule is COC(=O)NCC(C)NCc1ccc(F)cc1Cl. The molecule has 0 saturated heterocycles. The van der Waals surface area contributed by atoms with Crippen LogP contribution in [0.3, 0.4) is 0 Å². The summed E-state index contributed by atoms with van der Waals surface area (Å²) in [7, 11) is 1.31. The standard InChI is InChI=1S/C12H16ClFN2O2/c1-8(6-16-12(17)18-2)15-7-9-3-4-10(14)5-11(9)13/h3-5,8,15H,6-7H2,1-2H3,(H,16,17). The van der Waals surface area contributed by atoms with Crippen molar-refractivity contribution in [3.8, 4) is 0 Å². The molecule has 18 heavy (non-hydrogen) atoms. The molecule has 4 nitrogen and oxygen atoms in total. The van der Waals surface area contributed by atoms with Crippen LogP contribution < -0.4 is 10.6 Å². The minimum Gasteiger partial charge on any atom is -0.453 e. The normalized spacial score (nSPS) is 12.0. The molecule has 1 rings (SSSR count). The second-order valence-corrected chi connectivity index (χ2v) is 4.30. The Morgan fingerprint density at radius 3 is 2.89 bits per heavy atom. The highest BCUT2D eigenvalue weighted by atomic mass is 35.5. The molecule has 1 atom stereocenters. The number of halogens is 2. The molecular weight excluding hydrogens is 259 g/mol. The third-order valence-corrected chi connectivity index (χ3v) is 2.75. The van der Waals surface area contributed by atoms with Gasteiger partial charge < -0.3 is 15.4 Å². The zero-order valence-electron chi connectivity index (χ0n) is 10.3. The highest BCUT2D eigenvalue weighted by Crippen LogP contribution is 2.16. The number of rotatable bonds is 5. The molecule has 0 radical (unpaired) electrons. The predicted octanol–water partition coefficient (Wildman–Crippen LogP) is 2.31. The Morgan fingerprint density at radius 1 is 1.56 bits per heavy atom. The zero-order valence-corrected chi connectivity index (χ0v) is 11.1. The van der Waals surface area contributed by atoms with Crippen LogP contribution in [-0.2, 0) is 11.3 Å². The lowest BCUT2D eigenvalue weighted by molar-refractivity contribution is 0.170. The van der Waals surface area contributed by atoms with Crippen LogP contribution in [0, 0.1) is 5.82 Å². The Balaban J connectivity index is 2.38. The molecule has 1 aromatic rings. The van der Waals surface area contributed by atoms with Gasteiger partial charge in [0.05, 0.1) is 7.11 Å². The summed E-state index contributed by atoms with van der Waals surface area (Å²) < 4.78 is 17.3. The van der Waals surface area contributed by atoms with E-state index in [1.165, 1.54) is 19.2 Å². The summed E-state index contributed by atoms with van der Waals surface area (Å²) in [5.74, 6) is -0.357. The maximum Gasteiger partial charge on any atom is 0.406 e. The van der Waals surface area contributed by atoms with Crippen molar-refractivity contribution in [2.45, 2.75) is 19.5 Å². The molecule has 0 aliphatic rings. The molecule has 100 valence electrons. The Labute approximate surface area is 110 Å². The molecule has 0 fully saturated rings. The second-order valence-electron chi connectivity index (χ2n) is 3.89. The van der Waals surface area contributed by atoms with Crippen LogP contribution in [0.4, 0.5) is 9.18 Å². The highest BCUT2D eigenvalue weighted by Gasteiger charge is 2.06. The van der Waals surface area contributed by atoms with Crippen LogP contribution in [0.1, 0.15) is 12.5 Å². The first-order valence-corrected chi connectivity index (χ1v) is 5.90. The smallest absolute Gasteiger partial charge is 0.406 e. The fraction of sp³-hybridized carbons (Fsp3) is 0.417. The number of nitrogens with one attached hydrogen (secondary N) is 2. The molecule has 0 bridgehead atoms. The monoisotopic (exact) mass is 274 g/mol. The second kappa shape index (κ2) is 7.18. The average Bonchev–Trinajstić information content (AvgIpc) is 2.34. The average molecular weight is 275 g/mol. The maximum absolute atomic E-state index is 12.8. The number of carbonyl (C=O) groups is 1. The van der Waals surface area contributed by atoms with Gasteiger partial charge in [-0.1, -0.05) is 17.7 Å². The molecular formula is C12H16ClFN2O2. The van der Waals surface area contributed by atoms with Gasteiger partial charge in [0.2, 0.25) is 0 Å². The van der Waals surface area contributed by atoms with Gasteiger partial charge in [0.15, 0.2) is 0 Å². The van der Waals surface area contributed by atoms with Gasteiger partial charge in [-0.2, -0.15) is 0 Å². The molecule has 1 aromatic carbocycles. The zero-order chi connectivity index (χ0) is 13.5. The van der Waals surface area contributed by atoms with Crippen molar-refractivity contribution < 1.29 is 13.9 Å². The summed E-state index contributed by atoms with van der Waals surface area (Å²) in [5.41, 5.74) is 0.808. The van der Waals surface area contributed by atoms with Crippen molar-refractivity contribution in [2.24, 2.45) is 0 Å². The molecule has 0 aliphatic carbocycles. The Kier molecular flexibility index (Phi) is 5.88. The summed E-state index contributed by atoms with van der Waals surface area (Å²) in [6, 6.07) is 4.31. The Morgan fingerprint density at radius 2 is 2.28 bits per heavy atom. The van der Waals surface area contributed by atoms with Crippen LogP contribution >= 0.6 is 11.6 Å². The third-order valence-electron chi connectivity index (χ3n) is 2.39. The van der Waals surface area contributed by atoms with E-state index in [2.05, 4.69) is 15.4 Å². The first-order valence-electron chi connectivity index (χ1n) is 5.52. The van der Waals surface area contributed by atoms with Gasteiger partial charge in [0, 0.05) is 24.2 Å². The number of alkyl carbamates (subject to hydrolysis) is 1. The van der Waals surface area contributed by atoms with Crippen LogP contribution in [0.15, 0.2) is 18.2 Å². The topological polar surface area (TPSA) is 50.4 Å². The van der Waals surface area contributed by atoms with Gasteiger partial charge in [0.25, 0.3) is 0 Å². The van der Waals surface area contributed by atoms with E-state index in [1.807, 2.05) is 6.92 Å². The molecule has 0 aromatic heterocycles.